The number of alkyl halides is 3. The van der Waals surface area contributed by atoms with Crippen LogP contribution in [0.15, 0.2) is 35.5 Å². The normalized spacial score (nSPS) is 22.0. The average molecular weight is 362 g/mol. The van der Waals surface area contributed by atoms with Gasteiger partial charge in [-0.05, 0) is 18.4 Å². The second kappa shape index (κ2) is 5.89. The number of hydrogen-bond acceptors (Lipinski definition) is 4. The van der Waals surface area contributed by atoms with Gasteiger partial charge >= 0.3 is 5.92 Å². The minimum Gasteiger partial charge on any atom is -0.455 e. The Morgan fingerprint density at radius 1 is 1.30 bits per heavy atom. The van der Waals surface area contributed by atoms with Crippen LogP contribution in [0.4, 0.5) is 13.2 Å². The van der Waals surface area contributed by atoms with Gasteiger partial charge in [-0.25, -0.2) is 4.39 Å². The molecule has 1 aliphatic carbocycles. The first kappa shape index (κ1) is 16.4. The van der Waals surface area contributed by atoms with Gasteiger partial charge in [-0.2, -0.15) is 8.78 Å². The first-order valence-electron chi connectivity index (χ1n) is 6.55. The van der Waals surface area contributed by atoms with E-state index in [9.17, 15) is 18.3 Å². The van der Waals surface area contributed by atoms with Crippen LogP contribution in [0.3, 0.4) is 0 Å². The van der Waals surface area contributed by atoms with Gasteiger partial charge in [0, 0.05) is 28.3 Å². The number of aliphatic hydroxyl groups is 1. The van der Waals surface area contributed by atoms with Crippen molar-refractivity contribution in [3.63, 3.8) is 0 Å². The fourth-order valence-corrected chi connectivity index (χ4v) is 3.32. The van der Waals surface area contributed by atoms with E-state index in [0.29, 0.717) is 9.92 Å². The highest BCUT2D eigenvalue weighted by atomic mass is 35.5. The quantitative estimate of drug-likeness (QED) is 0.786. The maximum atomic E-state index is 14.3. The van der Waals surface area contributed by atoms with Crippen LogP contribution < -0.4 is 4.74 Å². The lowest BCUT2D eigenvalue weighted by Crippen LogP contribution is -2.24. The SMILES string of the molecule is CSc1ccc(Oc2cncc(Cl)c2)c2c1C(O)C(F)(F)[C@H]2F. The molecule has 3 nitrogen and oxygen atoms in total. The second-order valence-electron chi connectivity index (χ2n) is 4.97. The Kier molecular flexibility index (Phi) is 4.20. The van der Waals surface area contributed by atoms with Gasteiger partial charge in [-0.3, -0.25) is 4.98 Å². The molecular weight excluding hydrogens is 351 g/mol. The van der Waals surface area contributed by atoms with Crippen molar-refractivity contribution in [2.45, 2.75) is 23.1 Å². The molecule has 1 aliphatic rings. The summed E-state index contributed by atoms with van der Waals surface area (Å²) in [6.45, 7) is 0. The van der Waals surface area contributed by atoms with Crippen molar-refractivity contribution in [1.82, 2.24) is 4.98 Å². The van der Waals surface area contributed by atoms with Crippen LogP contribution in [-0.2, 0) is 0 Å². The zero-order chi connectivity index (χ0) is 16.8. The van der Waals surface area contributed by atoms with E-state index in [4.69, 9.17) is 16.3 Å². The molecule has 8 heteroatoms. The van der Waals surface area contributed by atoms with E-state index in [-0.39, 0.29) is 22.6 Å². The lowest BCUT2D eigenvalue weighted by Gasteiger charge is -2.16. The van der Waals surface area contributed by atoms with E-state index in [1.807, 2.05) is 0 Å². The number of fused-ring (bicyclic) bond motifs is 1. The molecule has 0 saturated carbocycles. The number of rotatable bonds is 3. The molecule has 1 aromatic heterocycles. The van der Waals surface area contributed by atoms with Gasteiger partial charge in [0.15, 0.2) is 6.17 Å². The first-order valence-corrected chi connectivity index (χ1v) is 8.15. The molecule has 0 fully saturated rings. The molecule has 122 valence electrons. The Balaban J connectivity index is 2.11. The summed E-state index contributed by atoms with van der Waals surface area (Å²) < 4.78 is 47.5. The van der Waals surface area contributed by atoms with Crippen molar-refractivity contribution in [1.29, 1.82) is 0 Å². The number of benzene rings is 1. The summed E-state index contributed by atoms with van der Waals surface area (Å²) in [5.74, 6) is -3.81. The van der Waals surface area contributed by atoms with Gasteiger partial charge < -0.3 is 9.84 Å². The third-order valence-electron chi connectivity index (χ3n) is 3.56. The molecule has 0 radical (unpaired) electrons. The van der Waals surface area contributed by atoms with Gasteiger partial charge in [-0.15, -0.1) is 11.8 Å². The highest BCUT2D eigenvalue weighted by Crippen LogP contribution is 2.57. The zero-order valence-electron chi connectivity index (χ0n) is 11.8. The first-order chi connectivity index (χ1) is 10.9. The van der Waals surface area contributed by atoms with E-state index in [1.54, 1.807) is 6.26 Å². The number of hydrogen-bond donors (Lipinski definition) is 1. The predicted octanol–water partition coefficient (Wildman–Crippen LogP) is 4.94. The molecule has 1 unspecified atom stereocenters. The summed E-state index contributed by atoms with van der Waals surface area (Å²) in [5.41, 5.74) is -0.475. The molecule has 2 atom stereocenters. The standard InChI is InChI=1S/C15H11ClF3NO2S/c1-23-10-3-2-9(22-8-4-7(16)5-20-6-8)11-12(10)14(21)15(18,19)13(11)17/h2-6,13-14,21H,1H3/t13-,14?/m0/s1. The van der Waals surface area contributed by atoms with Gasteiger partial charge in [-0.1, -0.05) is 11.6 Å². The molecule has 0 saturated heterocycles. The summed E-state index contributed by atoms with van der Waals surface area (Å²) in [5, 5.41) is 10.1. The third kappa shape index (κ3) is 2.66. The Morgan fingerprint density at radius 2 is 2.04 bits per heavy atom. The second-order valence-corrected chi connectivity index (χ2v) is 6.26. The molecule has 1 aromatic carbocycles. The van der Waals surface area contributed by atoms with E-state index in [0.717, 1.165) is 11.8 Å². The predicted molar refractivity (Wildman–Crippen MR) is 81.3 cm³/mol. The van der Waals surface area contributed by atoms with Gasteiger partial charge in [0.2, 0.25) is 0 Å². The van der Waals surface area contributed by atoms with Gasteiger partial charge in [0.25, 0.3) is 0 Å². The molecule has 1 N–H and O–H groups in total. The van der Waals surface area contributed by atoms with Crippen molar-refractivity contribution in [3.8, 4) is 11.5 Å². The van der Waals surface area contributed by atoms with Gasteiger partial charge in [0.1, 0.15) is 17.6 Å². The maximum Gasteiger partial charge on any atom is 0.312 e. The average Bonchev–Trinajstić information content (AvgIpc) is 2.69. The van der Waals surface area contributed by atoms with Crippen LogP contribution >= 0.6 is 23.4 Å². The molecular formula is C15H11ClF3NO2S. The van der Waals surface area contributed by atoms with Crippen LogP contribution in [0, 0.1) is 0 Å². The van der Waals surface area contributed by atoms with E-state index in [1.165, 1.54) is 30.6 Å². The fraction of sp³-hybridized carbons (Fsp3) is 0.267. The van der Waals surface area contributed by atoms with Crippen molar-refractivity contribution < 1.29 is 23.0 Å². The molecule has 3 rings (SSSR count). The van der Waals surface area contributed by atoms with Crippen molar-refractivity contribution in [2.24, 2.45) is 0 Å². The van der Waals surface area contributed by atoms with Crippen LogP contribution in [0.1, 0.15) is 23.4 Å². The Labute approximate surface area is 139 Å². The number of nitrogens with zero attached hydrogens (tertiary/aromatic N) is 1. The van der Waals surface area contributed by atoms with E-state index in [2.05, 4.69) is 4.98 Å². The topological polar surface area (TPSA) is 42.4 Å². The molecule has 0 aliphatic heterocycles. The Morgan fingerprint density at radius 3 is 2.70 bits per heavy atom. The lowest BCUT2D eigenvalue weighted by atomic mass is 10.1. The largest absolute Gasteiger partial charge is 0.455 e. The molecule has 23 heavy (non-hydrogen) atoms. The third-order valence-corrected chi connectivity index (χ3v) is 4.57. The van der Waals surface area contributed by atoms with Gasteiger partial charge in [0.05, 0.1) is 11.2 Å². The molecule has 0 amide bonds. The summed E-state index contributed by atoms with van der Waals surface area (Å²) in [6, 6.07) is 4.33. The van der Waals surface area contributed by atoms with Crippen LogP contribution in [0.2, 0.25) is 5.02 Å². The summed E-state index contributed by atoms with van der Waals surface area (Å²) in [4.78, 5) is 4.20. The van der Waals surface area contributed by atoms with Crippen molar-refractivity contribution in [2.75, 3.05) is 6.26 Å². The maximum absolute atomic E-state index is 14.3. The fourth-order valence-electron chi connectivity index (χ4n) is 2.51. The summed E-state index contributed by atoms with van der Waals surface area (Å²) in [7, 11) is 0. The van der Waals surface area contributed by atoms with Crippen LogP contribution in [0.25, 0.3) is 0 Å². The molecule has 0 spiro atoms. The minimum atomic E-state index is -3.90. The summed E-state index contributed by atoms with van der Waals surface area (Å²) in [6.07, 6.45) is -0.492. The smallest absolute Gasteiger partial charge is 0.312 e. The van der Waals surface area contributed by atoms with E-state index < -0.39 is 18.2 Å². The molecule has 2 aromatic rings. The van der Waals surface area contributed by atoms with Crippen LogP contribution in [-0.4, -0.2) is 22.3 Å². The van der Waals surface area contributed by atoms with Crippen molar-refractivity contribution in [3.05, 3.63) is 46.7 Å². The Bertz CT molecular complexity index is 759. The highest BCUT2D eigenvalue weighted by molar-refractivity contribution is 7.98. The number of ether oxygens (including phenoxy) is 1. The Hall–Kier alpha value is -1.44. The monoisotopic (exact) mass is 361 g/mol. The minimum absolute atomic E-state index is 0.0920. The number of aromatic nitrogens is 1. The molecule has 0 bridgehead atoms. The number of aliphatic hydroxyl groups excluding tert-OH is 1. The number of halogens is 4. The molecule has 1 heterocycles. The number of pyridine rings is 1. The number of thioether (sulfide) groups is 1. The van der Waals surface area contributed by atoms with Crippen LogP contribution in [0.5, 0.6) is 11.5 Å². The van der Waals surface area contributed by atoms with E-state index >= 15 is 0 Å². The van der Waals surface area contributed by atoms with Crippen molar-refractivity contribution >= 4 is 23.4 Å². The highest BCUT2D eigenvalue weighted by Gasteiger charge is 2.58. The zero-order valence-corrected chi connectivity index (χ0v) is 13.3. The lowest BCUT2D eigenvalue weighted by molar-refractivity contribution is -0.143. The summed E-state index contributed by atoms with van der Waals surface area (Å²) >= 11 is 6.94.